The maximum Gasteiger partial charge on any atom is 0.0620 e. The number of aliphatic hydroxyl groups is 1. The van der Waals surface area contributed by atoms with Crippen LogP contribution < -0.4 is 0 Å². The Balaban J connectivity index is 1.96. The highest BCUT2D eigenvalue weighted by Gasteiger charge is 2.13. The maximum atomic E-state index is 10.3. The summed E-state index contributed by atoms with van der Waals surface area (Å²) in [5, 5.41) is 10.3. The molecule has 2 aromatic rings. The summed E-state index contributed by atoms with van der Waals surface area (Å²) in [5.41, 5.74) is 5.16. The van der Waals surface area contributed by atoms with Gasteiger partial charge < -0.3 is 5.11 Å². The number of aliphatic hydroxyl groups excluding tert-OH is 1. The Bertz CT molecular complexity index is 558. The van der Waals surface area contributed by atoms with E-state index in [0.717, 1.165) is 0 Å². The molecule has 0 amide bonds. The van der Waals surface area contributed by atoms with Gasteiger partial charge in [0.05, 0.1) is 6.10 Å². The summed E-state index contributed by atoms with van der Waals surface area (Å²) < 4.78 is 0. The first-order valence-electron chi connectivity index (χ1n) is 7.67. The Labute approximate surface area is 128 Å². The van der Waals surface area contributed by atoms with Crippen molar-refractivity contribution in [3.05, 3.63) is 70.8 Å². The largest absolute Gasteiger partial charge is 0.392 e. The van der Waals surface area contributed by atoms with Gasteiger partial charge in [0, 0.05) is 0 Å². The van der Waals surface area contributed by atoms with Crippen LogP contribution in [0.3, 0.4) is 0 Å². The standard InChI is InChI=1S/C20H26O/c1-15-5-7-16(8-6-15)13-19(21)14-17-9-11-18(12-10-17)20(2,3)4/h5-12,19,21H,13-14H2,1-4H3. The molecule has 0 saturated carbocycles. The smallest absolute Gasteiger partial charge is 0.0620 e. The third-order valence-electron chi connectivity index (χ3n) is 3.88. The molecule has 0 saturated heterocycles. The van der Waals surface area contributed by atoms with Gasteiger partial charge in [0.25, 0.3) is 0 Å². The predicted octanol–water partition coefficient (Wildman–Crippen LogP) is 4.44. The van der Waals surface area contributed by atoms with Crippen molar-refractivity contribution in [3.8, 4) is 0 Å². The third kappa shape index (κ3) is 4.71. The molecule has 21 heavy (non-hydrogen) atoms. The number of hydrogen-bond donors (Lipinski definition) is 1. The minimum atomic E-state index is -0.326. The maximum absolute atomic E-state index is 10.3. The minimum Gasteiger partial charge on any atom is -0.392 e. The molecule has 0 fully saturated rings. The second-order valence-electron chi connectivity index (χ2n) is 6.99. The lowest BCUT2D eigenvalue weighted by atomic mass is 9.86. The zero-order valence-corrected chi connectivity index (χ0v) is 13.6. The molecule has 0 aliphatic heterocycles. The Kier molecular flexibility index (Phi) is 4.84. The molecule has 1 nitrogen and oxygen atoms in total. The average Bonchev–Trinajstić information content (AvgIpc) is 2.41. The first-order chi connectivity index (χ1) is 9.84. The van der Waals surface area contributed by atoms with Gasteiger partial charge in [0.2, 0.25) is 0 Å². The predicted molar refractivity (Wildman–Crippen MR) is 89.7 cm³/mol. The molecule has 1 unspecified atom stereocenters. The fraction of sp³-hybridized carbons (Fsp3) is 0.400. The molecular weight excluding hydrogens is 256 g/mol. The van der Waals surface area contributed by atoms with E-state index in [1.54, 1.807) is 0 Å². The molecule has 0 spiro atoms. The SMILES string of the molecule is Cc1ccc(CC(O)Cc2ccc(C(C)(C)C)cc2)cc1. The zero-order valence-electron chi connectivity index (χ0n) is 13.6. The molecule has 1 heteroatoms. The van der Waals surface area contributed by atoms with Crippen molar-refractivity contribution in [1.29, 1.82) is 0 Å². The van der Waals surface area contributed by atoms with Crippen molar-refractivity contribution in [2.45, 2.75) is 52.1 Å². The molecule has 112 valence electrons. The van der Waals surface area contributed by atoms with E-state index in [4.69, 9.17) is 0 Å². The van der Waals surface area contributed by atoms with E-state index >= 15 is 0 Å². The lowest BCUT2D eigenvalue weighted by molar-refractivity contribution is 0.175. The molecule has 0 aromatic heterocycles. The van der Waals surface area contributed by atoms with Gasteiger partial charge in [-0.05, 0) is 41.9 Å². The van der Waals surface area contributed by atoms with Crippen LogP contribution in [-0.4, -0.2) is 11.2 Å². The minimum absolute atomic E-state index is 0.180. The lowest BCUT2D eigenvalue weighted by Crippen LogP contribution is -2.15. The summed E-state index contributed by atoms with van der Waals surface area (Å²) in [6.07, 6.45) is 1.09. The Morgan fingerprint density at radius 3 is 1.67 bits per heavy atom. The van der Waals surface area contributed by atoms with Gasteiger partial charge in [-0.2, -0.15) is 0 Å². The van der Waals surface area contributed by atoms with Crippen molar-refractivity contribution in [2.75, 3.05) is 0 Å². The molecule has 0 heterocycles. The Morgan fingerprint density at radius 1 is 0.810 bits per heavy atom. The van der Waals surface area contributed by atoms with E-state index in [1.807, 2.05) is 0 Å². The summed E-state index contributed by atoms with van der Waals surface area (Å²) in [4.78, 5) is 0. The van der Waals surface area contributed by atoms with E-state index in [0.29, 0.717) is 12.8 Å². The molecule has 0 aliphatic rings. The monoisotopic (exact) mass is 282 g/mol. The summed E-state index contributed by atoms with van der Waals surface area (Å²) in [6, 6.07) is 17.0. The fourth-order valence-corrected chi connectivity index (χ4v) is 2.48. The second-order valence-corrected chi connectivity index (χ2v) is 6.99. The summed E-state index contributed by atoms with van der Waals surface area (Å²) >= 11 is 0. The van der Waals surface area contributed by atoms with Crippen molar-refractivity contribution in [1.82, 2.24) is 0 Å². The van der Waals surface area contributed by atoms with E-state index in [9.17, 15) is 5.11 Å². The van der Waals surface area contributed by atoms with Crippen molar-refractivity contribution in [2.24, 2.45) is 0 Å². The van der Waals surface area contributed by atoms with Gasteiger partial charge >= 0.3 is 0 Å². The number of hydrogen-bond acceptors (Lipinski definition) is 1. The van der Waals surface area contributed by atoms with Crippen LogP contribution in [0.25, 0.3) is 0 Å². The average molecular weight is 282 g/mol. The Hall–Kier alpha value is -1.60. The highest BCUT2D eigenvalue weighted by atomic mass is 16.3. The first-order valence-corrected chi connectivity index (χ1v) is 7.67. The number of rotatable bonds is 4. The van der Waals surface area contributed by atoms with Gasteiger partial charge in [-0.3, -0.25) is 0 Å². The van der Waals surface area contributed by atoms with E-state index in [1.165, 1.54) is 22.3 Å². The molecule has 0 aliphatic carbocycles. The van der Waals surface area contributed by atoms with Gasteiger partial charge in [0.15, 0.2) is 0 Å². The topological polar surface area (TPSA) is 20.2 Å². The molecular formula is C20H26O. The third-order valence-corrected chi connectivity index (χ3v) is 3.88. The van der Waals surface area contributed by atoms with Gasteiger partial charge in [-0.25, -0.2) is 0 Å². The van der Waals surface area contributed by atoms with Crippen LogP contribution in [0.15, 0.2) is 48.5 Å². The van der Waals surface area contributed by atoms with Crippen LogP contribution in [0.4, 0.5) is 0 Å². The number of aryl methyl sites for hydroxylation is 1. The summed E-state index contributed by atoms with van der Waals surface area (Å²) in [6.45, 7) is 8.73. The van der Waals surface area contributed by atoms with Crippen LogP contribution in [0.1, 0.15) is 43.0 Å². The summed E-state index contributed by atoms with van der Waals surface area (Å²) in [7, 11) is 0. The van der Waals surface area contributed by atoms with E-state index in [2.05, 4.69) is 76.2 Å². The molecule has 2 aromatic carbocycles. The van der Waals surface area contributed by atoms with Gasteiger partial charge in [-0.15, -0.1) is 0 Å². The normalized spacial score (nSPS) is 13.2. The van der Waals surface area contributed by atoms with Gasteiger partial charge in [0.1, 0.15) is 0 Å². The van der Waals surface area contributed by atoms with Crippen LogP contribution in [0, 0.1) is 6.92 Å². The lowest BCUT2D eigenvalue weighted by Gasteiger charge is -2.19. The van der Waals surface area contributed by atoms with Crippen LogP contribution in [0.2, 0.25) is 0 Å². The Morgan fingerprint density at radius 2 is 1.24 bits per heavy atom. The highest BCUT2D eigenvalue weighted by Crippen LogP contribution is 2.22. The van der Waals surface area contributed by atoms with Crippen LogP contribution in [-0.2, 0) is 18.3 Å². The summed E-state index contributed by atoms with van der Waals surface area (Å²) in [5.74, 6) is 0. The first kappa shape index (κ1) is 15.8. The van der Waals surface area contributed by atoms with Crippen molar-refractivity contribution >= 4 is 0 Å². The zero-order chi connectivity index (χ0) is 15.5. The number of benzene rings is 2. The molecule has 1 N–H and O–H groups in total. The molecule has 0 radical (unpaired) electrons. The highest BCUT2D eigenvalue weighted by molar-refractivity contribution is 5.28. The second kappa shape index (κ2) is 6.44. The van der Waals surface area contributed by atoms with Gasteiger partial charge in [-0.1, -0.05) is 74.9 Å². The van der Waals surface area contributed by atoms with E-state index < -0.39 is 0 Å². The van der Waals surface area contributed by atoms with Crippen LogP contribution in [0.5, 0.6) is 0 Å². The molecule has 1 atom stereocenters. The van der Waals surface area contributed by atoms with Crippen molar-refractivity contribution in [3.63, 3.8) is 0 Å². The molecule has 2 rings (SSSR count). The van der Waals surface area contributed by atoms with Crippen molar-refractivity contribution < 1.29 is 5.11 Å². The fourth-order valence-electron chi connectivity index (χ4n) is 2.48. The van der Waals surface area contributed by atoms with Crippen LogP contribution >= 0.6 is 0 Å². The molecule has 0 bridgehead atoms. The van der Waals surface area contributed by atoms with E-state index in [-0.39, 0.29) is 11.5 Å². The quantitative estimate of drug-likeness (QED) is 0.879.